The Labute approximate surface area is 218 Å². The van der Waals surface area contributed by atoms with Gasteiger partial charge in [0.15, 0.2) is 16.3 Å². The average molecular weight is 604 g/mol. The number of methoxy groups -OCH3 is 1. The lowest BCUT2D eigenvalue weighted by atomic mass is 9.95. The smallest absolute Gasteiger partial charge is 0.338 e. The molecule has 0 amide bonds. The first-order valence-corrected chi connectivity index (χ1v) is 12.7. The molecule has 0 aliphatic carbocycles. The molecule has 3 aromatic rings. The van der Waals surface area contributed by atoms with Gasteiger partial charge in [0.25, 0.3) is 5.56 Å². The van der Waals surface area contributed by atoms with Crippen LogP contribution in [0.5, 0.6) is 17.2 Å². The maximum atomic E-state index is 13.7. The minimum Gasteiger partial charge on any atom is -0.496 e. The standard InChI is InChI=1S/C25H21IN2O6S/c1-4-32-24(30)21-13(2)27-25-28(22(21)15-6-8-18-19(11-15)34-12-33-18)23(29)20(35-25)10-14-5-7-17(31-3)16(26)9-14/h5-11,22H,4,12H2,1-3H3/b20-10+. The number of hydrogen-bond donors (Lipinski definition) is 0. The first kappa shape index (κ1) is 23.6. The quantitative estimate of drug-likeness (QED) is 0.329. The number of hydrogen-bond acceptors (Lipinski definition) is 8. The first-order valence-electron chi connectivity index (χ1n) is 10.8. The van der Waals surface area contributed by atoms with Gasteiger partial charge in [0.1, 0.15) is 5.75 Å². The van der Waals surface area contributed by atoms with Crippen LogP contribution in [0, 0.1) is 3.57 Å². The monoisotopic (exact) mass is 604 g/mol. The topological polar surface area (TPSA) is 88.4 Å². The van der Waals surface area contributed by atoms with Crippen LogP contribution in [-0.4, -0.2) is 31.0 Å². The molecule has 3 heterocycles. The van der Waals surface area contributed by atoms with Crippen molar-refractivity contribution in [3.05, 3.63) is 82.1 Å². The number of benzene rings is 2. The number of rotatable bonds is 5. The zero-order valence-corrected chi connectivity index (χ0v) is 22.1. The van der Waals surface area contributed by atoms with Crippen LogP contribution < -0.4 is 29.1 Å². The number of carbonyl (C=O) groups excluding carboxylic acids is 1. The van der Waals surface area contributed by atoms with E-state index in [0.717, 1.165) is 14.9 Å². The molecule has 2 aromatic carbocycles. The molecule has 0 saturated carbocycles. The van der Waals surface area contributed by atoms with Crippen molar-refractivity contribution in [2.45, 2.75) is 19.9 Å². The van der Waals surface area contributed by atoms with Crippen LogP contribution in [0.1, 0.15) is 31.0 Å². The molecule has 5 rings (SSSR count). The molecule has 8 nitrogen and oxygen atoms in total. The largest absolute Gasteiger partial charge is 0.496 e. The van der Waals surface area contributed by atoms with Gasteiger partial charge in [0, 0.05) is 0 Å². The molecule has 0 bridgehead atoms. The van der Waals surface area contributed by atoms with E-state index in [0.29, 0.717) is 37.7 Å². The third kappa shape index (κ3) is 4.25. The third-order valence-corrected chi connectivity index (χ3v) is 7.53. The highest BCUT2D eigenvalue weighted by Crippen LogP contribution is 2.38. The summed E-state index contributed by atoms with van der Waals surface area (Å²) in [6.45, 7) is 3.84. The number of nitrogens with zero attached hydrogens (tertiary/aromatic N) is 2. The summed E-state index contributed by atoms with van der Waals surface area (Å²) >= 11 is 3.48. The van der Waals surface area contributed by atoms with Crippen molar-refractivity contribution in [3.63, 3.8) is 0 Å². The van der Waals surface area contributed by atoms with Gasteiger partial charge in [0.2, 0.25) is 6.79 Å². The number of aromatic nitrogens is 1. The Hall–Kier alpha value is -3.12. The van der Waals surface area contributed by atoms with E-state index in [-0.39, 0.29) is 19.0 Å². The van der Waals surface area contributed by atoms with E-state index in [2.05, 4.69) is 27.6 Å². The summed E-state index contributed by atoms with van der Waals surface area (Å²) in [5.74, 6) is 1.45. The second-order valence-electron chi connectivity index (χ2n) is 7.81. The normalized spacial score (nSPS) is 16.7. The van der Waals surface area contributed by atoms with E-state index < -0.39 is 12.0 Å². The Balaban J connectivity index is 1.70. The predicted molar refractivity (Wildman–Crippen MR) is 139 cm³/mol. The minimum absolute atomic E-state index is 0.127. The number of thiazole rings is 1. The fraction of sp³-hybridized carbons (Fsp3) is 0.240. The number of ether oxygens (including phenoxy) is 4. The van der Waals surface area contributed by atoms with E-state index in [1.165, 1.54) is 11.3 Å². The maximum Gasteiger partial charge on any atom is 0.338 e. The fourth-order valence-corrected chi connectivity index (χ4v) is 5.92. The molecule has 0 fully saturated rings. The van der Waals surface area contributed by atoms with E-state index in [1.807, 2.05) is 30.3 Å². The van der Waals surface area contributed by atoms with Crippen LogP contribution in [0.25, 0.3) is 6.08 Å². The highest BCUT2D eigenvalue weighted by atomic mass is 127. The molecule has 10 heteroatoms. The summed E-state index contributed by atoms with van der Waals surface area (Å²) in [7, 11) is 1.62. The molecule has 0 radical (unpaired) electrons. The van der Waals surface area contributed by atoms with Crippen LogP contribution in [0.2, 0.25) is 0 Å². The van der Waals surface area contributed by atoms with Crippen molar-refractivity contribution in [2.75, 3.05) is 20.5 Å². The molecular weight excluding hydrogens is 583 g/mol. The molecule has 0 spiro atoms. The molecular formula is C25H21IN2O6S. The number of carbonyl (C=O) groups is 1. The maximum absolute atomic E-state index is 13.7. The second kappa shape index (κ2) is 9.50. The Morgan fingerprint density at radius 2 is 2.06 bits per heavy atom. The van der Waals surface area contributed by atoms with Crippen molar-refractivity contribution in [3.8, 4) is 17.2 Å². The highest BCUT2D eigenvalue weighted by Gasteiger charge is 2.34. The highest BCUT2D eigenvalue weighted by molar-refractivity contribution is 14.1. The van der Waals surface area contributed by atoms with Crippen LogP contribution in [0.15, 0.2) is 57.5 Å². The van der Waals surface area contributed by atoms with Crippen molar-refractivity contribution < 1.29 is 23.7 Å². The fourth-order valence-electron chi connectivity index (χ4n) is 4.11. The summed E-state index contributed by atoms with van der Waals surface area (Å²) in [5, 5.41) is 0. The number of fused-ring (bicyclic) bond motifs is 2. The molecule has 0 N–H and O–H groups in total. The molecule has 2 aliphatic rings. The molecule has 0 saturated heterocycles. The van der Waals surface area contributed by atoms with Gasteiger partial charge < -0.3 is 18.9 Å². The van der Waals surface area contributed by atoms with Gasteiger partial charge in [-0.15, -0.1) is 0 Å². The lowest BCUT2D eigenvalue weighted by molar-refractivity contribution is -0.139. The zero-order valence-electron chi connectivity index (χ0n) is 19.2. The molecule has 35 heavy (non-hydrogen) atoms. The lowest BCUT2D eigenvalue weighted by Gasteiger charge is -2.24. The lowest BCUT2D eigenvalue weighted by Crippen LogP contribution is -2.39. The predicted octanol–water partition coefficient (Wildman–Crippen LogP) is 3.14. The van der Waals surface area contributed by atoms with Gasteiger partial charge >= 0.3 is 5.97 Å². The Kier molecular flexibility index (Phi) is 6.41. The molecule has 180 valence electrons. The summed E-state index contributed by atoms with van der Waals surface area (Å²) in [4.78, 5) is 31.8. The van der Waals surface area contributed by atoms with Crippen LogP contribution in [0.4, 0.5) is 0 Å². The summed E-state index contributed by atoms with van der Waals surface area (Å²) < 4.78 is 24.7. The average Bonchev–Trinajstić information content (AvgIpc) is 3.42. The van der Waals surface area contributed by atoms with E-state index >= 15 is 0 Å². The van der Waals surface area contributed by atoms with Crippen molar-refractivity contribution in [1.82, 2.24) is 4.57 Å². The van der Waals surface area contributed by atoms with Gasteiger partial charge in [-0.2, -0.15) is 0 Å². The summed E-state index contributed by atoms with van der Waals surface area (Å²) in [6, 6.07) is 10.4. The third-order valence-electron chi connectivity index (χ3n) is 5.70. The molecule has 1 unspecified atom stereocenters. The van der Waals surface area contributed by atoms with Crippen molar-refractivity contribution in [2.24, 2.45) is 4.99 Å². The Morgan fingerprint density at radius 3 is 2.80 bits per heavy atom. The SMILES string of the molecule is CCOC(=O)C1=C(C)N=c2s/c(=C/c3ccc(OC)c(I)c3)c(=O)n2C1c1ccc2c(c1)OCO2. The number of allylic oxidation sites excluding steroid dienone is 1. The second-order valence-corrected chi connectivity index (χ2v) is 9.98. The van der Waals surface area contributed by atoms with Crippen LogP contribution in [-0.2, 0) is 9.53 Å². The van der Waals surface area contributed by atoms with Crippen molar-refractivity contribution in [1.29, 1.82) is 0 Å². The van der Waals surface area contributed by atoms with E-state index in [1.54, 1.807) is 37.7 Å². The van der Waals surface area contributed by atoms with Crippen LogP contribution in [0.3, 0.4) is 0 Å². The van der Waals surface area contributed by atoms with E-state index in [4.69, 9.17) is 18.9 Å². The summed E-state index contributed by atoms with van der Waals surface area (Å²) in [6.07, 6.45) is 1.82. The molecule has 1 aromatic heterocycles. The number of halogens is 1. The van der Waals surface area contributed by atoms with E-state index in [9.17, 15) is 9.59 Å². The van der Waals surface area contributed by atoms with Gasteiger partial charge in [-0.3, -0.25) is 9.36 Å². The van der Waals surface area contributed by atoms with Gasteiger partial charge in [-0.25, -0.2) is 9.79 Å². The number of esters is 1. The van der Waals surface area contributed by atoms with Crippen molar-refractivity contribution >= 4 is 46.0 Å². The van der Waals surface area contributed by atoms with Gasteiger partial charge in [-0.1, -0.05) is 23.5 Å². The molecule has 2 aliphatic heterocycles. The Bertz CT molecular complexity index is 1550. The van der Waals surface area contributed by atoms with Gasteiger partial charge in [-0.05, 0) is 77.9 Å². The molecule has 1 atom stereocenters. The minimum atomic E-state index is -0.710. The summed E-state index contributed by atoms with van der Waals surface area (Å²) in [5.41, 5.74) is 2.16. The van der Waals surface area contributed by atoms with Crippen LogP contribution >= 0.6 is 33.9 Å². The van der Waals surface area contributed by atoms with Gasteiger partial charge in [0.05, 0.1) is 39.1 Å². The zero-order chi connectivity index (χ0) is 24.7. The first-order chi connectivity index (χ1) is 16.9. The Morgan fingerprint density at radius 1 is 1.26 bits per heavy atom.